The number of aliphatic carboxylic acids is 1. The zero-order valence-electron chi connectivity index (χ0n) is 12.3. The van der Waals surface area contributed by atoms with Crippen molar-refractivity contribution in [1.82, 2.24) is 10.2 Å². The zero-order chi connectivity index (χ0) is 14.6. The van der Waals surface area contributed by atoms with E-state index in [1.54, 1.807) is 4.90 Å². The molecule has 0 aromatic heterocycles. The molecule has 19 heavy (non-hydrogen) atoms. The molecule has 0 heterocycles. The molecule has 0 saturated heterocycles. The van der Waals surface area contributed by atoms with Crippen LogP contribution in [0.4, 0.5) is 4.79 Å². The van der Waals surface area contributed by atoms with Gasteiger partial charge in [0.2, 0.25) is 0 Å². The van der Waals surface area contributed by atoms with Crippen LogP contribution in [-0.2, 0) is 4.79 Å². The number of carbonyl (C=O) groups is 2. The molecule has 1 rings (SSSR count). The second-order valence-electron chi connectivity index (χ2n) is 6.30. The number of amides is 2. The predicted molar refractivity (Wildman–Crippen MR) is 73.9 cm³/mol. The largest absolute Gasteiger partial charge is 0.480 e. The Bertz CT molecular complexity index is 315. The summed E-state index contributed by atoms with van der Waals surface area (Å²) in [4.78, 5) is 25.1. The molecule has 0 bridgehead atoms. The first-order valence-electron chi connectivity index (χ1n) is 7.09. The zero-order valence-corrected chi connectivity index (χ0v) is 12.3. The van der Waals surface area contributed by atoms with Gasteiger partial charge >= 0.3 is 12.0 Å². The second kappa shape index (κ2) is 6.78. The van der Waals surface area contributed by atoms with Crippen molar-refractivity contribution < 1.29 is 14.7 Å². The highest BCUT2D eigenvalue weighted by Gasteiger charge is 2.38. The quantitative estimate of drug-likeness (QED) is 0.745. The number of hydrogen-bond acceptors (Lipinski definition) is 2. The van der Waals surface area contributed by atoms with E-state index in [-0.39, 0.29) is 11.9 Å². The van der Waals surface area contributed by atoms with E-state index in [9.17, 15) is 9.59 Å². The van der Waals surface area contributed by atoms with Gasteiger partial charge in [0.1, 0.15) is 6.04 Å². The highest BCUT2D eigenvalue weighted by Crippen LogP contribution is 2.32. The SMILES string of the molecule is CC(C)CN(CC(C)C)C(=O)NC(C(=O)O)C1CC1. The number of rotatable bonds is 7. The van der Waals surface area contributed by atoms with Gasteiger partial charge in [0.25, 0.3) is 0 Å². The fourth-order valence-corrected chi connectivity index (χ4v) is 2.16. The average molecular weight is 270 g/mol. The van der Waals surface area contributed by atoms with Crippen molar-refractivity contribution in [2.75, 3.05) is 13.1 Å². The molecule has 0 aromatic carbocycles. The summed E-state index contributed by atoms with van der Waals surface area (Å²) < 4.78 is 0. The minimum atomic E-state index is -0.926. The Hall–Kier alpha value is -1.26. The molecule has 0 aliphatic heterocycles. The third-order valence-electron chi connectivity index (χ3n) is 3.10. The van der Waals surface area contributed by atoms with Crippen LogP contribution in [0.25, 0.3) is 0 Å². The van der Waals surface area contributed by atoms with E-state index >= 15 is 0 Å². The molecule has 5 heteroatoms. The van der Waals surface area contributed by atoms with Crippen LogP contribution in [0, 0.1) is 17.8 Å². The lowest BCUT2D eigenvalue weighted by Gasteiger charge is -2.28. The van der Waals surface area contributed by atoms with Gasteiger partial charge in [-0.15, -0.1) is 0 Å². The van der Waals surface area contributed by atoms with E-state index in [0.717, 1.165) is 12.8 Å². The maximum Gasteiger partial charge on any atom is 0.326 e. The highest BCUT2D eigenvalue weighted by molar-refractivity contribution is 5.83. The number of nitrogens with zero attached hydrogens (tertiary/aromatic N) is 1. The summed E-state index contributed by atoms with van der Waals surface area (Å²) in [5.41, 5.74) is 0. The first-order chi connectivity index (χ1) is 8.81. The highest BCUT2D eigenvalue weighted by atomic mass is 16.4. The first kappa shape index (κ1) is 15.8. The van der Waals surface area contributed by atoms with Gasteiger partial charge in [-0.25, -0.2) is 9.59 Å². The van der Waals surface area contributed by atoms with Crippen LogP contribution < -0.4 is 5.32 Å². The lowest BCUT2D eigenvalue weighted by atomic mass is 10.1. The van der Waals surface area contributed by atoms with Gasteiger partial charge < -0.3 is 15.3 Å². The Kier molecular flexibility index (Phi) is 5.63. The van der Waals surface area contributed by atoms with Crippen LogP contribution in [0.3, 0.4) is 0 Å². The maximum atomic E-state index is 12.2. The molecular formula is C14H26N2O3. The standard InChI is InChI=1S/C14H26N2O3/c1-9(2)7-16(8-10(3)4)14(19)15-12(13(17)18)11-5-6-11/h9-12H,5-8H2,1-4H3,(H,15,19)(H,17,18). The van der Waals surface area contributed by atoms with E-state index in [1.165, 1.54) is 0 Å². The Morgan fingerprint density at radius 3 is 1.95 bits per heavy atom. The Balaban J connectivity index is 2.61. The Morgan fingerprint density at radius 2 is 1.63 bits per heavy atom. The van der Waals surface area contributed by atoms with Crippen molar-refractivity contribution in [2.45, 2.75) is 46.6 Å². The molecule has 1 saturated carbocycles. The van der Waals surface area contributed by atoms with Crippen LogP contribution in [0.5, 0.6) is 0 Å². The molecular weight excluding hydrogens is 244 g/mol. The van der Waals surface area contributed by atoms with Gasteiger partial charge in [-0.05, 0) is 30.6 Å². The van der Waals surface area contributed by atoms with Crippen LogP contribution in [-0.4, -0.2) is 41.1 Å². The molecule has 0 spiro atoms. The van der Waals surface area contributed by atoms with Crippen molar-refractivity contribution in [1.29, 1.82) is 0 Å². The minimum absolute atomic E-state index is 0.112. The number of nitrogens with one attached hydrogen (secondary N) is 1. The van der Waals surface area contributed by atoms with Gasteiger partial charge in [0.15, 0.2) is 0 Å². The average Bonchev–Trinajstić information content (AvgIpc) is 3.06. The summed E-state index contributed by atoms with van der Waals surface area (Å²) in [5, 5.41) is 11.8. The summed E-state index contributed by atoms with van der Waals surface area (Å²) in [6, 6.07) is -0.976. The first-order valence-corrected chi connectivity index (χ1v) is 7.09. The van der Waals surface area contributed by atoms with Gasteiger partial charge in [-0.2, -0.15) is 0 Å². The molecule has 0 aromatic rings. The molecule has 1 aliphatic carbocycles. The lowest BCUT2D eigenvalue weighted by Crippen LogP contribution is -2.50. The van der Waals surface area contributed by atoms with Crippen molar-refractivity contribution in [3.63, 3.8) is 0 Å². The summed E-state index contributed by atoms with van der Waals surface area (Å²) >= 11 is 0. The summed E-state index contributed by atoms with van der Waals surface area (Å²) in [6.07, 6.45) is 1.79. The van der Waals surface area contributed by atoms with Crippen molar-refractivity contribution in [3.8, 4) is 0 Å². The number of hydrogen-bond donors (Lipinski definition) is 2. The topological polar surface area (TPSA) is 69.6 Å². The van der Waals surface area contributed by atoms with Gasteiger partial charge in [0, 0.05) is 13.1 Å². The Labute approximate surface area is 115 Å². The minimum Gasteiger partial charge on any atom is -0.480 e. The summed E-state index contributed by atoms with van der Waals surface area (Å²) in [5.74, 6) is -0.0753. The van der Waals surface area contributed by atoms with Crippen LogP contribution in [0.2, 0.25) is 0 Å². The van der Waals surface area contributed by atoms with Crippen LogP contribution in [0.1, 0.15) is 40.5 Å². The fourth-order valence-electron chi connectivity index (χ4n) is 2.16. The molecule has 1 fully saturated rings. The monoisotopic (exact) mass is 270 g/mol. The third kappa shape index (κ3) is 5.49. The van der Waals surface area contributed by atoms with Crippen LogP contribution >= 0.6 is 0 Å². The van der Waals surface area contributed by atoms with Gasteiger partial charge in [-0.3, -0.25) is 0 Å². The van der Waals surface area contributed by atoms with E-state index in [4.69, 9.17) is 5.11 Å². The molecule has 2 N–H and O–H groups in total. The smallest absolute Gasteiger partial charge is 0.326 e. The molecule has 0 radical (unpaired) electrons. The van der Waals surface area contributed by atoms with Gasteiger partial charge in [0.05, 0.1) is 0 Å². The number of urea groups is 1. The molecule has 110 valence electrons. The van der Waals surface area contributed by atoms with E-state index in [2.05, 4.69) is 33.0 Å². The summed E-state index contributed by atoms with van der Waals surface area (Å²) in [6.45, 7) is 9.51. The molecule has 1 atom stereocenters. The van der Waals surface area contributed by atoms with Crippen molar-refractivity contribution in [3.05, 3.63) is 0 Å². The second-order valence-corrected chi connectivity index (χ2v) is 6.30. The number of carboxylic acid groups (broad SMARTS) is 1. The maximum absolute atomic E-state index is 12.2. The fraction of sp³-hybridized carbons (Fsp3) is 0.857. The normalized spacial score (nSPS) is 16.5. The lowest BCUT2D eigenvalue weighted by molar-refractivity contribution is -0.139. The van der Waals surface area contributed by atoms with Gasteiger partial charge in [-0.1, -0.05) is 27.7 Å². The van der Waals surface area contributed by atoms with E-state index < -0.39 is 12.0 Å². The summed E-state index contributed by atoms with van der Waals surface area (Å²) in [7, 11) is 0. The number of carbonyl (C=O) groups excluding carboxylic acids is 1. The van der Waals surface area contributed by atoms with Crippen LogP contribution in [0.15, 0.2) is 0 Å². The Morgan fingerprint density at radius 1 is 1.16 bits per heavy atom. The van der Waals surface area contributed by atoms with E-state index in [1.807, 2.05) is 0 Å². The molecule has 1 unspecified atom stereocenters. The molecule has 1 aliphatic rings. The molecule has 5 nitrogen and oxygen atoms in total. The predicted octanol–water partition coefficient (Wildman–Crippen LogP) is 2.17. The van der Waals surface area contributed by atoms with Crippen molar-refractivity contribution >= 4 is 12.0 Å². The number of carboxylic acids is 1. The molecule has 2 amide bonds. The third-order valence-corrected chi connectivity index (χ3v) is 3.10. The van der Waals surface area contributed by atoms with E-state index in [0.29, 0.717) is 24.9 Å². The van der Waals surface area contributed by atoms with Crippen molar-refractivity contribution in [2.24, 2.45) is 17.8 Å².